The van der Waals surface area contributed by atoms with Crippen LogP contribution in [0.15, 0.2) is 42.5 Å². The summed E-state index contributed by atoms with van der Waals surface area (Å²) in [7, 11) is 3.23. The molecule has 5 heteroatoms. The average Bonchev–Trinajstić information content (AvgIpc) is 2.63. The van der Waals surface area contributed by atoms with Crippen LogP contribution in [0.3, 0.4) is 0 Å². The van der Waals surface area contributed by atoms with Crippen molar-refractivity contribution >= 4 is 17.5 Å². The first kappa shape index (κ1) is 20.1. The summed E-state index contributed by atoms with van der Waals surface area (Å²) in [6.45, 7) is 4.66. The summed E-state index contributed by atoms with van der Waals surface area (Å²) >= 11 is 5.95. The van der Waals surface area contributed by atoms with Gasteiger partial charge in [0.25, 0.3) is 0 Å². The molecule has 26 heavy (non-hydrogen) atoms. The third kappa shape index (κ3) is 5.15. The van der Waals surface area contributed by atoms with Gasteiger partial charge in [-0.2, -0.15) is 0 Å². The number of rotatable bonds is 8. The van der Waals surface area contributed by atoms with Crippen LogP contribution in [0.4, 0.5) is 0 Å². The quantitative estimate of drug-likeness (QED) is 0.741. The Morgan fingerprint density at radius 3 is 2.27 bits per heavy atom. The Morgan fingerprint density at radius 2 is 1.69 bits per heavy atom. The summed E-state index contributed by atoms with van der Waals surface area (Å²) in [4.78, 5) is 12.7. The Kier molecular flexibility index (Phi) is 7.34. The van der Waals surface area contributed by atoms with Crippen LogP contribution in [0.25, 0.3) is 0 Å². The molecular formula is C21H26ClNO3. The Labute approximate surface area is 160 Å². The predicted molar refractivity (Wildman–Crippen MR) is 105 cm³/mol. The summed E-state index contributed by atoms with van der Waals surface area (Å²) in [5, 5.41) is 3.72. The van der Waals surface area contributed by atoms with Crippen molar-refractivity contribution in [3.63, 3.8) is 0 Å². The predicted octanol–water partition coefficient (Wildman–Crippen LogP) is 4.46. The van der Waals surface area contributed by atoms with E-state index in [1.54, 1.807) is 14.2 Å². The minimum Gasteiger partial charge on any atom is -0.493 e. The monoisotopic (exact) mass is 375 g/mol. The standard InChI is InChI=1S/C21H26ClNO3/c1-14(2)20(16-6-8-17(22)9-7-16)21(24)23-12-11-15-5-10-18(25-3)19(13-15)26-4/h5-10,13-14,20H,11-12H2,1-4H3,(H,23,24)/t20-/m1/s1. The largest absolute Gasteiger partial charge is 0.493 e. The van der Waals surface area contributed by atoms with Crippen LogP contribution in [0.2, 0.25) is 5.02 Å². The van der Waals surface area contributed by atoms with Gasteiger partial charge in [0.2, 0.25) is 5.91 Å². The molecule has 0 radical (unpaired) electrons. The molecule has 1 atom stereocenters. The smallest absolute Gasteiger partial charge is 0.227 e. The first-order valence-electron chi connectivity index (χ1n) is 8.70. The van der Waals surface area contributed by atoms with Gasteiger partial charge in [-0.3, -0.25) is 4.79 Å². The highest BCUT2D eigenvalue weighted by Crippen LogP contribution is 2.28. The van der Waals surface area contributed by atoms with Crippen LogP contribution in [-0.4, -0.2) is 26.7 Å². The highest BCUT2D eigenvalue weighted by atomic mass is 35.5. The van der Waals surface area contributed by atoms with E-state index in [-0.39, 0.29) is 17.7 Å². The number of carbonyl (C=O) groups is 1. The summed E-state index contributed by atoms with van der Waals surface area (Å²) in [5.74, 6) is 1.41. The highest BCUT2D eigenvalue weighted by Gasteiger charge is 2.23. The maximum atomic E-state index is 12.7. The Balaban J connectivity index is 1.99. The summed E-state index contributed by atoms with van der Waals surface area (Å²) in [5.41, 5.74) is 2.06. The van der Waals surface area contributed by atoms with Gasteiger partial charge in [0.1, 0.15) is 0 Å². The van der Waals surface area contributed by atoms with Crippen molar-refractivity contribution in [3.05, 3.63) is 58.6 Å². The van der Waals surface area contributed by atoms with Gasteiger partial charge >= 0.3 is 0 Å². The van der Waals surface area contributed by atoms with Gasteiger partial charge in [-0.15, -0.1) is 0 Å². The second-order valence-electron chi connectivity index (χ2n) is 6.50. The maximum absolute atomic E-state index is 12.7. The van der Waals surface area contributed by atoms with E-state index < -0.39 is 0 Å². The lowest BCUT2D eigenvalue weighted by Gasteiger charge is -2.21. The van der Waals surface area contributed by atoms with Gasteiger partial charge in [-0.1, -0.05) is 43.6 Å². The lowest BCUT2D eigenvalue weighted by atomic mass is 9.87. The molecule has 1 N–H and O–H groups in total. The fraction of sp³-hybridized carbons (Fsp3) is 0.381. The molecule has 0 saturated heterocycles. The second-order valence-corrected chi connectivity index (χ2v) is 6.94. The average molecular weight is 376 g/mol. The zero-order chi connectivity index (χ0) is 19.1. The zero-order valence-electron chi connectivity index (χ0n) is 15.7. The summed E-state index contributed by atoms with van der Waals surface area (Å²) in [6.07, 6.45) is 0.720. The molecule has 0 aromatic heterocycles. The molecule has 0 aliphatic rings. The molecule has 0 spiro atoms. The van der Waals surface area contributed by atoms with E-state index in [1.807, 2.05) is 56.3 Å². The van der Waals surface area contributed by atoms with E-state index in [1.165, 1.54) is 0 Å². The van der Waals surface area contributed by atoms with Gasteiger partial charge in [0.05, 0.1) is 20.1 Å². The van der Waals surface area contributed by atoms with Gasteiger partial charge in [-0.05, 0) is 47.7 Å². The third-order valence-electron chi connectivity index (χ3n) is 4.34. The van der Waals surface area contributed by atoms with Crippen LogP contribution in [0.5, 0.6) is 11.5 Å². The molecule has 0 bridgehead atoms. The molecule has 0 unspecified atom stereocenters. The van der Waals surface area contributed by atoms with Crippen LogP contribution in [-0.2, 0) is 11.2 Å². The maximum Gasteiger partial charge on any atom is 0.227 e. The number of amides is 1. The molecule has 2 aromatic rings. The van der Waals surface area contributed by atoms with Crippen molar-refractivity contribution in [2.75, 3.05) is 20.8 Å². The molecule has 1 amide bonds. The number of nitrogens with one attached hydrogen (secondary N) is 1. The number of ether oxygens (including phenoxy) is 2. The van der Waals surface area contributed by atoms with Crippen molar-refractivity contribution in [2.24, 2.45) is 5.92 Å². The van der Waals surface area contributed by atoms with Gasteiger partial charge in [-0.25, -0.2) is 0 Å². The van der Waals surface area contributed by atoms with Crippen molar-refractivity contribution in [1.82, 2.24) is 5.32 Å². The Bertz CT molecular complexity index is 729. The molecule has 140 valence electrons. The van der Waals surface area contributed by atoms with E-state index in [0.29, 0.717) is 23.1 Å². The van der Waals surface area contributed by atoms with Crippen LogP contribution in [0.1, 0.15) is 30.9 Å². The molecular weight excluding hydrogens is 350 g/mol. The van der Waals surface area contributed by atoms with E-state index in [0.717, 1.165) is 17.5 Å². The zero-order valence-corrected chi connectivity index (χ0v) is 16.5. The number of methoxy groups -OCH3 is 2. The lowest BCUT2D eigenvalue weighted by molar-refractivity contribution is -0.123. The van der Waals surface area contributed by atoms with Gasteiger partial charge < -0.3 is 14.8 Å². The van der Waals surface area contributed by atoms with Crippen molar-refractivity contribution in [1.29, 1.82) is 0 Å². The molecule has 2 rings (SSSR count). The van der Waals surface area contributed by atoms with Crippen LogP contribution in [0, 0.1) is 5.92 Å². The fourth-order valence-corrected chi connectivity index (χ4v) is 3.11. The number of benzene rings is 2. The van der Waals surface area contributed by atoms with E-state index in [9.17, 15) is 4.79 Å². The number of halogens is 1. The molecule has 0 fully saturated rings. The molecule has 4 nitrogen and oxygen atoms in total. The Hall–Kier alpha value is -2.20. The van der Waals surface area contributed by atoms with Crippen molar-refractivity contribution in [3.8, 4) is 11.5 Å². The normalized spacial score (nSPS) is 11.9. The van der Waals surface area contributed by atoms with E-state index in [4.69, 9.17) is 21.1 Å². The molecule has 0 aliphatic heterocycles. The van der Waals surface area contributed by atoms with Crippen molar-refractivity contribution in [2.45, 2.75) is 26.2 Å². The Morgan fingerprint density at radius 1 is 1.04 bits per heavy atom. The van der Waals surface area contributed by atoms with Gasteiger partial charge in [0, 0.05) is 11.6 Å². The first-order valence-corrected chi connectivity index (χ1v) is 9.08. The second kappa shape index (κ2) is 9.48. The van der Waals surface area contributed by atoms with Crippen molar-refractivity contribution < 1.29 is 14.3 Å². The van der Waals surface area contributed by atoms with Crippen LogP contribution >= 0.6 is 11.6 Å². The number of hydrogen-bond donors (Lipinski definition) is 1. The minimum absolute atomic E-state index is 0.0304. The summed E-state index contributed by atoms with van der Waals surface area (Å²) in [6, 6.07) is 13.3. The summed E-state index contributed by atoms with van der Waals surface area (Å²) < 4.78 is 10.6. The fourth-order valence-electron chi connectivity index (χ4n) is 2.99. The molecule has 0 saturated carbocycles. The highest BCUT2D eigenvalue weighted by molar-refractivity contribution is 6.30. The van der Waals surface area contributed by atoms with Crippen LogP contribution < -0.4 is 14.8 Å². The third-order valence-corrected chi connectivity index (χ3v) is 4.59. The minimum atomic E-state index is -0.197. The topological polar surface area (TPSA) is 47.6 Å². The number of carbonyl (C=O) groups excluding carboxylic acids is 1. The SMILES string of the molecule is COc1ccc(CCNC(=O)[C@@H](c2ccc(Cl)cc2)C(C)C)cc1OC. The molecule has 2 aromatic carbocycles. The lowest BCUT2D eigenvalue weighted by Crippen LogP contribution is -2.33. The van der Waals surface area contributed by atoms with E-state index in [2.05, 4.69) is 5.32 Å². The van der Waals surface area contributed by atoms with Gasteiger partial charge in [0.15, 0.2) is 11.5 Å². The number of hydrogen-bond acceptors (Lipinski definition) is 3. The first-order chi connectivity index (χ1) is 12.5. The molecule has 0 heterocycles. The van der Waals surface area contributed by atoms with E-state index >= 15 is 0 Å². The molecule has 0 aliphatic carbocycles.